The van der Waals surface area contributed by atoms with Gasteiger partial charge >= 0.3 is 0 Å². The Kier molecular flexibility index (Phi) is 9.91. The van der Waals surface area contributed by atoms with Crippen LogP contribution < -0.4 is 0 Å². The SMILES string of the molecule is CCCC(CC)CC(CCC(C)C)CN(C)C. The van der Waals surface area contributed by atoms with Crippen molar-refractivity contribution in [2.75, 3.05) is 20.6 Å². The predicted molar refractivity (Wildman–Crippen MR) is 79.4 cm³/mol. The molecular formula is C16H35N. The molecule has 1 nitrogen and oxygen atoms in total. The molecule has 0 rings (SSSR count). The maximum atomic E-state index is 2.36. The zero-order chi connectivity index (χ0) is 13.3. The lowest BCUT2D eigenvalue weighted by molar-refractivity contribution is 0.245. The van der Waals surface area contributed by atoms with Crippen molar-refractivity contribution in [3.63, 3.8) is 0 Å². The molecule has 0 aromatic heterocycles. The topological polar surface area (TPSA) is 3.24 Å². The highest BCUT2D eigenvalue weighted by Gasteiger charge is 2.16. The van der Waals surface area contributed by atoms with Crippen molar-refractivity contribution < 1.29 is 0 Å². The molecule has 17 heavy (non-hydrogen) atoms. The molecule has 0 spiro atoms. The molecule has 0 radical (unpaired) electrons. The van der Waals surface area contributed by atoms with Gasteiger partial charge in [0, 0.05) is 6.54 Å². The zero-order valence-electron chi connectivity index (χ0n) is 13.1. The molecule has 2 unspecified atom stereocenters. The van der Waals surface area contributed by atoms with Crippen LogP contribution in [0.2, 0.25) is 0 Å². The Hall–Kier alpha value is -0.0400. The van der Waals surface area contributed by atoms with Crippen LogP contribution in [-0.2, 0) is 0 Å². The van der Waals surface area contributed by atoms with E-state index in [4.69, 9.17) is 0 Å². The molecule has 0 amide bonds. The van der Waals surface area contributed by atoms with Gasteiger partial charge in [-0.15, -0.1) is 0 Å². The lowest BCUT2D eigenvalue weighted by Crippen LogP contribution is -2.24. The molecule has 0 saturated heterocycles. The van der Waals surface area contributed by atoms with Gasteiger partial charge in [-0.1, -0.05) is 53.4 Å². The second-order valence-electron chi connectivity index (χ2n) is 6.40. The van der Waals surface area contributed by atoms with Crippen LogP contribution >= 0.6 is 0 Å². The van der Waals surface area contributed by atoms with Gasteiger partial charge in [-0.2, -0.15) is 0 Å². The maximum Gasteiger partial charge on any atom is 0.000366 e. The van der Waals surface area contributed by atoms with E-state index in [1.807, 2.05) is 0 Å². The summed E-state index contributed by atoms with van der Waals surface area (Å²) in [7, 11) is 4.42. The summed E-state index contributed by atoms with van der Waals surface area (Å²) in [6.07, 6.45) is 8.37. The smallest absolute Gasteiger partial charge is 0.000366 e. The summed E-state index contributed by atoms with van der Waals surface area (Å²) < 4.78 is 0. The Morgan fingerprint density at radius 3 is 1.94 bits per heavy atom. The summed E-state index contributed by atoms with van der Waals surface area (Å²) in [4.78, 5) is 2.36. The molecule has 104 valence electrons. The van der Waals surface area contributed by atoms with Crippen molar-refractivity contribution in [1.82, 2.24) is 4.90 Å². The van der Waals surface area contributed by atoms with Crippen LogP contribution in [0.25, 0.3) is 0 Å². The minimum Gasteiger partial charge on any atom is -0.309 e. The lowest BCUT2D eigenvalue weighted by Gasteiger charge is -2.26. The molecule has 0 aliphatic carbocycles. The van der Waals surface area contributed by atoms with E-state index >= 15 is 0 Å². The van der Waals surface area contributed by atoms with E-state index in [2.05, 4.69) is 46.7 Å². The van der Waals surface area contributed by atoms with E-state index in [1.165, 1.54) is 45.1 Å². The Morgan fingerprint density at radius 1 is 0.882 bits per heavy atom. The van der Waals surface area contributed by atoms with Gasteiger partial charge in [0.15, 0.2) is 0 Å². The summed E-state index contributed by atoms with van der Waals surface area (Å²) in [5.41, 5.74) is 0. The number of hydrogen-bond acceptors (Lipinski definition) is 1. The van der Waals surface area contributed by atoms with E-state index in [1.54, 1.807) is 0 Å². The zero-order valence-corrected chi connectivity index (χ0v) is 13.1. The van der Waals surface area contributed by atoms with Crippen LogP contribution in [-0.4, -0.2) is 25.5 Å². The van der Waals surface area contributed by atoms with Gasteiger partial charge in [0.25, 0.3) is 0 Å². The third kappa shape index (κ3) is 9.64. The Morgan fingerprint density at radius 2 is 1.53 bits per heavy atom. The third-order valence-electron chi connectivity index (χ3n) is 3.72. The summed E-state index contributed by atoms with van der Waals surface area (Å²) in [5, 5.41) is 0. The normalized spacial score (nSPS) is 15.5. The molecule has 0 fully saturated rings. The molecule has 2 atom stereocenters. The molecule has 0 aliphatic rings. The van der Waals surface area contributed by atoms with Gasteiger partial charge in [-0.25, -0.2) is 0 Å². The molecule has 0 aliphatic heterocycles. The second-order valence-corrected chi connectivity index (χ2v) is 6.40. The van der Waals surface area contributed by atoms with Crippen LogP contribution in [0.5, 0.6) is 0 Å². The summed E-state index contributed by atoms with van der Waals surface area (Å²) in [5.74, 6) is 2.71. The minimum atomic E-state index is 0.853. The average Bonchev–Trinajstić information content (AvgIpc) is 2.24. The fourth-order valence-electron chi connectivity index (χ4n) is 2.74. The maximum absolute atomic E-state index is 2.36. The second kappa shape index (κ2) is 9.94. The van der Waals surface area contributed by atoms with Crippen LogP contribution in [0, 0.1) is 17.8 Å². The molecule has 1 heteroatoms. The first kappa shape index (κ1) is 17.0. The molecule has 0 bridgehead atoms. The Balaban J connectivity index is 4.14. The summed E-state index contributed by atoms with van der Waals surface area (Å²) in [6.45, 7) is 10.6. The van der Waals surface area contributed by atoms with Crippen molar-refractivity contribution in [2.45, 2.75) is 66.2 Å². The quantitative estimate of drug-likeness (QED) is 0.530. The highest BCUT2D eigenvalue weighted by Crippen LogP contribution is 2.25. The summed E-state index contributed by atoms with van der Waals surface area (Å²) >= 11 is 0. The Labute approximate surface area is 110 Å². The van der Waals surface area contributed by atoms with E-state index in [-0.39, 0.29) is 0 Å². The fourth-order valence-corrected chi connectivity index (χ4v) is 2.74. The highest BCUT2D eigenvalue weighted by molar-refractivity contribution is 4.69. The Bertz CT molecular complexity index is 163. The van der Waals surface area contributed by atoms with E-state index in [0.29, 0.717) is 0 Å². The van der Waals surface area contributed by atoms with Gasteiger partial charge in [0.1, 0.15) is 0 Å². The predicted octanol–water partition coefficient (Wildman–Crippen LogP) is 4.82. The van der Waals surface area contributed by atoms with Crippen LogP contribution in [0.1, 0.15) is 66.2 Å². The van der Waals surface area contributed by atoms with Gasteiger partial charge in [-0.05, 0) is 44.7 Å². The van der Waals surface area contributed by atoms with Crippen molar-refractivity contribution in [3.8, 4) is 0 Å². The first-order valence-corrected chi connectivity index (χ1v) is 7.64. The van der Waals surface area contributed by atoms with E-state index < -0.39 is 0 Å². The van der Waals surface area contributed by atoms with E-state index in [0.717, 1.165) is 17.8 Å². The minimum absolute atomic E-state index is 0.853. The molecule has 0 saturated carbocycles. The largest absolute Gasteiger partial charge is 0.309 e. The number of rotatable bonds is 10. The van der Waals surface area contributed by atoms with Crippen LogP contribution in [0.3, 0.4) is 0 Å². The van der Waals surface area contributed by atoms with Gasteiger partial charge < -0.3 is 4.90 Å². The number of hydrogen-bond donors (Lipinski definition) is 0. The van der Waals surface area contributed by atoms with Crippen LogP contribution in [0.4, 0.5) is 0 Å². The van der Waals surface area contributed by atoms with Crippen molar-refractivity contribution in [2.24, 2.45) is 17.8 Å². The number of nitrogens with zero attached hydrogens (tertiary/aromatic N) is 1. The highest BCUT2D eigenvalue weighted by atomic mass is 15.1. The molecule has 0 aromatic carbocycles. The fraction of sp³-hybridized carbons (Fsp3) is 1.00. The molecule has 0 heterocycles. The third-order valence-corrected chi connectivity index (χ3v) is 3.72. The first-order chi connectivity index (χ1) is 7.99. The standard InChI is InChI=1S/C16H35N/c1-7-9-15(8-2)12-16(13-17(5)6)11-10-14(3)4/h14-16H,7-13H2,1-6H3. The lowest BCUT2D eigenvalue weighted by atomic mass is 9.85. The molecular weight excluding hydrogens is 206 g/mol. The first-order valence-electron chi connectivity index (χ1n) is 7.64. The molecule has 0 aromatic rings. The van der Waals surface area contributed by atoms with Gasteiger partial charge in [0.05, 0.1) is 0 Å². The summed E-state index contributed by atoms with van der Waals surface area (Å²) in [6, 6.07) is 0. The van der Waals surface area contributed by atoms with Gasteiger partial charge in [-0.3, -0.25) is 0 Å². The monoisotopic (exact) mass is 241 g/mol. The van der Waals surface area contributed by atoms with Gasteiger partial charge in [0.2, 0.25) is 0 Å². The van der Waals surface area contributed by atoms with E-state index in [9.17, 15) is 0 Å². The van der Waals surface area contributed by atoms with Crippen LogP contribution in [0.15, 0.2) is 0 Å². The van der Waals surface area contributed by atoms with Crippen molar-refractivity contribution in [3.05, 3.63) is 0 Å². The van der Waals surface area contributed by atoms with Crippen molar-refractivity contribution in [1.29, 1.82) is 0 Å². The molecule has 0 N–H and O–H groups in total. The van der Waals surface area contributed by atoms with Crippen molar-refractivity contribution >= 4 is 0 Å². The average molecular weight is 241 g/mol.